The molecule has 1 amide bonds. The number of aldehydes is 1. The Kier molecular flexibility index (Phi) is 15.4. The van der Waals surface area contributed by atoms with Crippen molar-refractivity contribution in [1.82, 2.24) is 0 Å². The number of amides is 1. The predicted octanol–water partition coefficient (Wildman–Crippen LogP) is 2.78. The molecule has 170 valence electrons. The van der Waals surface area contributed by atoms with Crippen molar-refractivity contribution in [3.05, 3.63) is 64.7 Å². The average Bonchev–Trinajstić information content (AvgIpc) is 2.75. The van der Waals surface area contributed by atoms with Gasteiger partial charge < -0.3 is 27.6 Å². The van der Waals surface area contributed by atoms with E-state index in [0.29, 0.717) is 30.8 Å². The zero-order valence-corrected chi connectivity index (χ0v) is 18.3. The number of carboxylic acid groups (broad SMARTS) is 1. The van der Waals surface area contributed by atoms with E-state index < -0.39 is 12.0 Å². The van der Waals surface area contributed by atoms with Crippen LogP contribution in [0.2, 0.25) is 5.02 Å². The first kappa shape index (κ1) is 28.2. The monoisotopic (exact) mass is 450 g/mol. The second kappa shape index (κ2) is 17.0. The summed E-state index contributed by atoms with van der Waals surface area (Å²) < 4.78 is 0. The Bertz CT molecular complexity index is 800. The molecule has 0 fully saturated rings. The van der Waals surface area contributed by atoms with Crippen molar-refractivity contribution in [1.29, 1.82) is 0 Å². The molecule has 2 rings (SSSR count). The first-order chi connectivity index (χ1) is 14.7. The maximum atomic E-state index is 10.6. The summed E-state index contributed by atoms with van der Waals surface area (Å²) in [4.78, 5) is 31.0. The highest BCUT2D eigenvalue weighted by molar-refractivity contribution is 6.31. The number of unbranched alkanes of at least 4 members (excludes halogenated alkanes) is 1. The minimum atomic E-state index is -0.933. The first-order valence-electron chi connectivity index (χ1n) is 9.69. The number of halogens is 1. The summed E-state index contributed by atoms with van der Waals surface area (Å²) in [5, 5.41) is 11.7. The fraction of sp³-hybridized carbons (Fsp3) is 0.318. The van der Waals surface area contributed by atoms with E-state index in [-0.39, 0.29) is 5.91 Å². The van der Waals surface area contributed by atoms with Gasteiger partial charge in [0.05, 0.1) is 0 Å². The van der Waals surface area contributed by atoms with Crippen LogP contribution in [0.5, 0.6) is 0 Å². The Morgan fingerprint density at radius 3 is 2.13 bits per heavy atom. The van der Waals surface area contributed by atoms with Crippen LogP contribution in [0, 0.1) is 0 Å². The van der Waals surface area contributed by atoms with Crippen molar-refractivity contribution < 1.29 is 19.5 Å². The number of benzene rings is 2. The Morgan fingerprint density at radius 1 is 1.10 bits per heavy atom. The third-order valence-electron chi connectivity index (χ3n) is 3.83. The van der Waals surface area contributed by atoms with Crippen LogP contribution < -0.4 is 22.5 Å². The topological polar surface area (TPSA) is 162 Å². The van der Waals surface area contributed by atoms with Gasteiger partial charge in [0, 0.05) is 29.7 Å². The number of carboxylic acids is 1. The third-order valence-corrected chi connectivity index (χ3v) is 4.20. The van der Waals surface area contributed by atoms with Crippen molar-refractivity contribution in [2.24, 2.45) is 17.2 Å². The van der Waals surface area contributed by atoms with Crippen LogP contribution in [-0.2, 0) is 16.1 Å². The Hall–Kier alpha value is -2.78. The predicted molar refractivity (Wildman–Crippen MR) is 124 cm³/mol. The van der Waals surface area contributed by atoms with Gasteiger partial charge in [-0.2, -0.15) is 0 Å². The molecule has 0 saturated carbocycles. The summed E-state index contributed by atoms with van der Waals surface area (Å²) in [6.07, 6.45) is 2.93. The zero-order chi connectivity index (χ0) is 23.6. The molecule has 0 radical (unpaired) electrons. The summed E-state index contributed by atoms with van der Waals surface area (Å²) in [5.74, 6) is -1.05. The number of nitrogens with one attached hydrogen (secondary N) is 1. The minimum absolute atomic E-state index is 0.117. The Balaban J connectivity index is 0.000000441. The molecule has 0 unspecified atom stereocenters. The van der Waals surface area contributed by atoms with Gasteiger partial charge in [0.25, 0.3) is 0 Å². The lowest BCUT2D eigenvalue weighted by atomic mass is 10.1. The molecule has 1 atom stereocenters. The van der Waals surface area contributed by atoms with E-state index in [2.05, 4.69) is 5.32 Å². The van der Waals surface area contributed by atoms with Crippen LogP contribution in [-0.4, -0.2) is 35.9 Å². The smallest absolute Gasteiger partial charge is 0.320 e. The lowest BCUT2D eigenvalue weighted by Crippen LogP contribution is -2.29. The van der Waals surface area contributed by atoms with Gasteiger partial charge in [0.15, 0.2) is 0 Å². The number of carbonyl (C=O) groups is 3. The molecule has 0 saturated heterocycles. The number of hydrogen-bond acceptors (Lipinski definition) is 6. The number of anilines is 1. The van der Waals surface area contributed by atoms with E-state index in [1.165, 1.54) is 6.92 Å². The van der Waals surface area contributed by atoms with Gasteiger partial charge in [0.1, 0.15) is 12.3 Å². The SMILES string of the molecule is CC(=O)Nc1ccc(C=O)cc1.NCCCC[C@H](N)C(=O)O.NCc1ccccc1Cl. The standard InChI is InChI=1S/C9H9NO2.C7H8ClN.C6H14N2O2/c1-7(12)10-9-4-2-8(6-11)3-5-9;8-7-4-2-1-3-6(7)5-9;7-4-2-1-3-5(8)6(9)10/h2-6H,1H3,(H,10,12);1-4H,5,9H2;5H,1-4,7-8H2,(H,9,10)/t;;5-/m..0/s1. The molecular weight excluding hydrogens is 420 g/mol. The fourth-order valence-electron chi connectivity index (χ4n) is 2.14. The molecule has 9 heteroatoms. The third kappa shape index (κ3) is 14.0. The van der Waals surface area contributed by atoms with Crippen molar-refractivity contribution >= 4 is 35.5 Å². The van der Waals surface area contributed by atoms with Crippen LogP contribution in [0.1, 0.15) is 42.1 Å². The maximum Gasteiger partial charge on any atom is 0.320 e. The van der Waals surface area contributed by atoms with Crippen molar-refractivity contribution in [2.75, 3.05) is 11.9 Å². The molecule has 2 aromatic carbocycles. The normalized spacial score (nSPS) is 10.5. The minimum Gasteiger partial charge on any atom is -0.480 e. The second-order valence-electron chi connectivity index (χ2n) is 6.45. The van der Waals surface area contributed by atoms with Gasteiger partial charge >= 0.3 is 5.97 Å². The van der Waals surface area contributed by atoms with Crippen LogP contribution in [0.3, 0.4) is 0 Å². The lowest BCUT2D eigenvalue weighted by Gasteiger charge is -2.03. The highest BCUT2D eigenvalue weighted by Crippen LogP contribution is 2.13. The number of aliphatic carboxylic acids is 1. The van der Waals surface area contributed by atoms with E-state index in [1.807, 2.05) is 24.3 Å². The molecule has 0 aliphatic heterocycles. The molecule has 0 heterocycles. The highest BCUT2D eigenvalue weighted by atomic mass is 35.5. The fourth-order valence-corrected chi connectivity index (χ4v) is 2.36. The first-order valence-corrected chi connectivity index (χ1v) is 10.1. The molecule has 0 bridgehead atoms. The molecule has 0 spiro atoms. The molecule has 0 aliphatic rings. The van der Waals surface area contributed by atoms with Crippen LogP contribution in [0.4, 0.5) is 5.69 Å². The molecular formula is C22H31ClN4O4. The van der Waals surface area contributed by atoms with Crippen molar-refractivity contribution in [3.8, 4) is 0 Å². The van der Waals surface area contributed by atoms with Crippen molar-refractivity contribution in [2.45, 2.75) is 38.8 Å². The lowest BCUT2D eigenvalue weighted by molar-refractivity contribution is -0.138. The average molecular weight is 451 g/mol. The largest absolute Gasteiger partial charge is 0.480 e. The molecule has 0 aliphatic carbocycles. The number of rotatable bonds is 8. The van der Waals surface area contributed by atoms with Gasteiger partial charge in [-0.1, -0.05) is 36.2 Å². The van der Waals surface area contributed by atoms with Crippen LogP contribution in [0.25, 0.3) is 0 Å². The number of hydrogen-bond donors (Lipinski definition) is 5. The van der Waals surface area contributed by atoms with Gasteiger partial charge in [0.2, 0.25) is 5.91 Å². The summed E-state index contributed by atoms with van der Waals surface area (Å²) in [7, 11) is 0. The number of carbonyl (C=O) groups excluding carboxylic acids is 2. The van der Waals surface area contributed by atoms with Crippen LogP contribution >= 0.6 is 11.6 Å². The summed E-state index contributed by atoms with van der Waals surface area (Å²) in [5.41, 5.74) is 18.1. The summed E-state index contributed by atoms with van der Waals surface area (Å²) >= 11 is 5.74. The maximum absolute atomic E-state index is 10.6. The summed E-state index contributed by atoms with van der Waals surface area (Å²) in [6, 6.07) is 13.5. The number of nitrogens with two attached hydrogens (primary N) is 3. The highest BCUT2D eigenvalue weighted by Gasteiger charge is 2.09. The van der Waals surface area contributed by atoms with Gasteiger partial charge in [-0.15, -0.1) is 0 Å². The van der Waals surface area contributed by atoms with Crippen molar-refractivity contribution in [3.63, 3.8) is 0 Å². The molecule has 31 heavy (non-hydrogen) atoms. The molecule has 2 aromatic rings. The molecule has 0 aromatic heterocycles. The van der Waals surface area contributed by atoms with E-state index in [0.717, 1.165) is 29.7 Å². The van der Waals surface area contributed by atoms with E-state index in [1.54, 1.807) is 24.3 Å². The van der Waals surface area contributed by atoms with E-state index >= 15 is 0 Å². The quantitative estimate of drug-likeness (QED) is 0.305. The summed E-state index contributed by atoms with van der Waals surface area (Å²) in [6.45, 7) is 2.56. The van der Waals surface area contributed by atoms with E-state index in [9.17, 15) is 14.4 Å². The van der Waals surface area contributed by atoms with Gasteiger partial charge in [-0.05, 0) is 55.3 Å². The van der Waals surface area contributed by atoms with Gasteiger partial charge in [-0.25, -0.2) is 0 Å². The van der Waals surface area contributed by atoms with Gasteiger partial charge in [-0.3, -0.25) is 14.4 Å². The molecule has 8 nitrogen and oxygen atoms in total. The zero-order valence-electron chi connectivity index (χ0n) is 17.6. The molecule has 8 N–H and O–H groups in total. The van der Waals surface area contributed by atoms with Crippen LogP contribution in [0.15, 0.2) is 48.5 Å². The van der Waals surface area contributed by atoms with E-state index in [4.69, 9.17) is 33.9 Å². The Morgan fingerprint density at radius 2 is 1.71 bits per heavy atom. The Labute approximate surface area is 187 Å². The second-order valence-corrected chi connectivity index (χ2v) is 6.85.